The Hall–Kier alpha value is -4.41. The molecule has 4 nitrogen and oxygen atoms in total. The predicted molar refractivity (Wildman–Crippen MR) is 144 cm³/mol. The molecule has 6 aromatic rings. The molecule has 0 fully saturated rings. The number of hydrogen-bond acceptors (Lipinski definition) is 2. The van der Waals surface area contributed by atoms with Crippen molar-refractivity contribution in [2.24, 2.45) is 0 Å². The molecule has 0 aliphatic heterocycles. The average Bonchev–Trinajstić information content (AvgIpc) is 2.89. The normalized spacial score (nSPS) is 11.2. The summed E-state index contributed by atoms with van der Waals surface area (Å²) in [6.45, 7) is 0. The summed E-state index contributed by atoms with van der Waals surface area (Å²) in [5.41, 5.74) is 3.95. The number of fused-ring (bicyclic) bond motifs is 2. The third-order valence-electron chi connectivity index (χ3n) is 6.31. The average molecular weight is 475 g/mol. The van der Waals surface area contributed by atoms with E-state index in [1.807, 2.05) is 97.1 Å². The van der Waals surface area contributed by atoms with Crippen LogP contribution in [0.4, 0.5) is 0 Å². The van der Waals surface area contributed by atoms with E-state index in [0.29, 0.717) is 21.6 Å². The van der Waals surface area contributed by atoms with Gasteiger partial charge in [0.15, 0.2) is 0 Å². The van der Waals surface area contributed by atoms with Crippen LogP contribution in [0.1, 0.15) is 0 Å². The van der Waals surface area contributed by atoms with Crippen molar-refractivity contribution in [2.75, 3.05) is 0 Å². The highest BCUT2D eigenvalue weighted by molar-refractivity contribution is 6.33. The lowest BCUT2D eigenvalue weighted by Crippen LogP contribution is -2.33. The van der Waals surface area contributed by atoms with E-state index in [1.165, 1.54) is 4.57 Å². The minimum Gasteiger partial charge on any atom is -0.306 e. The molecule has 0 spiro atoms. The van der Waals surface area contributed by atoms with Crippen LogP contribution in [0, 0.1) is 0 Å². The maximum absolute atomic E-state index is 13.5. The molecule has 5 aromatic carbocycles. The SMILES string of the molecule is O=c1[nH]c2cc(-c3ccccc3-c3ccccc3Cl)ccc2c(=O)n1-c1cccc2ccccc12. The Morgan fingerprint density at radius 2 is 1.31 bits per heavy atom. The molecule has 1 heterocycles. The van der Waals surface area contributed by atoms with Crippen LogP contribution in [0.5, 0.6) is 0 Å². The molecule has 0 aliphatic rings. The zero-order chi connectivity index (χ0) is 23.9. The van der Waals surface area contributed by atoms with Crippen molar-refractivity contribution < 1.29 is 0 Å². The molecule has 0 saturated heterocycles. The smallest absolute Gasteiger partial charge is 0.306 e. The van der Waals surface area contributed by atoms with Gasteiger partial charge in [0, 0.05) is 16.0 Å². The fraction of sp³-hybridized carbons (Fsp3) is 0. The fourth-order valence-corrected chi connectivity index (χ4v) is 4.89. The van der Waals surface area contributed by atoms with Gasteiger partial charge in [-0.25, -0.2) is 9.36 Å². The second-order valence-electron chi connectivity index (χ2n) is 8.35. The maximum atomic E-state index is 13.5. The van der Waals surface area contributed by atoms with E-state index in [2.05, 4.69) is 4.98 Å². The van der Waals surface area contributed by atoms with Crippen LogP contribution in [0.3, 0.4) is 0 Å². The standard InChI is InChI=1S/C30H19ClN2O2/c31-26-14-6-5-13-24(26)23-12-4-3-10-21(23)20-16-17-25-27(18-20)32-30(35)33(29(25)34)28-15-7-9-19-8-1-2-11-22(19)28/h1-18H,(H,32,35). The monoisotopic (exact) mass is 474 g/mol. The number of benzene rings is 5. The van der Waals surface area contributed by atoms with Crippen LogP contribution in [-0.4, -0.2) is 9.55 Å². The van der Waals surface area contributed by atoms with E-state index < -0.39 is 5.69 Å². The number of nitrogens with one attached hydrogen (secondary N) is 1. The Morgan fingerprint density at radius 1 is 0.629 bits per heavy atom. The zero-order valence-corrected chi connectivity index (χ0v) is 19.3. The summed E-state index contributed by atoms with van der Waals surface area (Å²) in [6.07, 6.45) is 0. The van der Waals surface area contributed by atoms with Crippen molar-refractivity contribution in [3.63, 3.8) is 0 Å². The van der Waals surface area contributed by atoms with Gasteiger partial charge >= 0.3 is 5.69 Å². The van der Waals surface area contributed by atoms with Gasteiger partial charge < -0.3 is 4.98 Å². The minimum atomic E-state index is -0.476. The number of hydrogen-bond donors (Lipinski definition) is 1. The van der Waals surface area contributed by atoms with Gasteiger partial charge in [-0.05, 0) is 46.3 Å². The molecular weight excluding hydrogens is 456 g/mol. The first-order chi connectivity index (χ1) is 17.1. The van der Waals surface area contributed by atoms with Gasteiger partial charge in [0.2, 0.25) is 0 Å². The van der Waals surface area contributed by atoms with Crippen molar-refractivity contribution in [3.05, 3.63) is 135 Å². The summed E-state index contributed by atoms with van der Waals surface area (Å²) < 4.78 is 1.21. The molecule has 0 unspecified atom stereocenters. The molecule has 1 N–H and O–H groups in total. The highest BCUT2D eigenvalue weighted by Crippen LogP contribution is 2.36. The highest BCUT2D eigenvalue weighted by Gasteiger charge is 2.14. The zero-order valence-electron chi connectivity index (χ0n) is 18.5. The number of aromatic nitrogens is 2. The Bertz CT molecular complexity index is 1860. The number of rotatable bonds is 3. The van der Waals surface area contributed by atoms with E-state index in [1.54, 1.807) is 12.1 Å². The van der Waals surface area contributed by atoms with Gasteiger partial charge in [0.1, 0.15) is 0 Å². The van der Waals surface area contributed by atoms with Crippen molar-refractivity contribution in [3.8, 4) is 27.9 Å². The molecule has 0 bridgehead atoms. The van der Waals surface area contributed by atoms with Crippen molar-refractivity contribution in [2.45, 2.75) is 0 Å². The number of aromatic amines is 1. The van der Waals surface area contributed by atoms with Crippen molar-refractivity contribution in [1.82, 2.24) is 9.55 Å². The predicted octanol–water partition coefficient (Wildman–Crippen LogP) is 6.82. The van der Waals surface area contributed by atoms with Crippen LogP contribution in [0.2, 0.25) is 5.02 Å². The third-order valence-corrected chi connectivity index (χ3v) is 6.64. The summed E-state index contributed by atoms with van der Waals surface area (Å²) >= 11 is 6.48. The lowest BCUT2D eigenvalue weighted by Gasteiger charge is -2.13. The molecule has 0 amide bonds. The number of nitrogens with zero attached hydrogens (tertiary/aromatic N) is 1. The summed E-state index contributed by atoms with van der Waals surface area (Å²) in [7, 11) is 0. The van der Waals surface area contributed by atoms with E-state index in [4.69, 9.17) is 11.6 Å². The van der Waals surface area contributed by atoms with Crippen LogP contribution >= 0.6 is 11.6 Å². The maximum Gasteiger partial charge on any atom is 0.333 e. The topological polar surface area (TPSA) is 54.9 Å². The Labute approximate surface area is 205 Å². The van der Waals surface area contributed by atoms with Crippen LogP contribution < -0.4 is 11.2 Å². The van der Waals surface area contributed by atoms with E-state index in [0.717, 1.165) is 33.0 Å². The Balaban J connectivity index is 1.55. The molecular formula is C30H19ClN2O2. The molecule has 0 aliphatic carbocycles. The lowest BCUT2D eigenvalue weighted by atomic mass is 9.94. The quantitative estimate of drug-likeness (QED) is 0.306. The Kier molecular flexibility index (Phi) is 5.09. The first-order valence-corrected chi connectivity index (χ1v) is 11.6. The first kappa shape index (κ1) is 21.1. The van der Waals surface area contributed by atoms with Crippen LogP contribution in [0.15, 0.2) is 119 Å². The molecule has 35 heavy (non-hydrogen) atoms. The van der Waals surface area contributed by atoms with Gasteiger partial charge in [0.25, 0.3) is 5.56 Å². The first-order valence-electron chi connectivity index (χ1n) is 11.2. The minimum absolute atomic E-state index is 0.356. The van der Waals surface area contributed by atoms with Gasteiger partial charge in [0.05, 0.1) is 16.6 Å². The molecule has 5 heteroatoms. The van der Waals surface area contributed by atoms with Crippen LogP contribution in [-0.2, 0) is 0 Å². The summed E-state index contributed by atoms with van der Waals surface area (Å²) in [6, 6.07) is 34.5. The van der Waals surface area contributed by atoms with E-state index in [-0.39, 0.29) is 5.56 Å². The lowest BCUT2D eigenvalue weighted by molar-refractivity contribution is 0.908. The van der Waals surface area contributed by atoms with Crippen molar-refractivity contribution in [1.29, 1.82) is 0 Å². The molecule has 0 atom stereocenters. The number of halogens is 1. The van der Waals surface area contributed by atoms with Crippen molar-refractivity contribution >= 4 is 33.3 Å². The summed E-state index contributed by atoms with van der Waals surface area (Å²) in [4.78, 5) is 29.6. The summed E-state index contributed by atoms with van der Waals surface area (Å²) in [5.74, 6) is 0. The van der Waals surface area contributed by atoms with E-state index >= 15 is 0 Å². The largest absolute Gasteiger partial charge is 0.333 e. The molecule has 0 radical (unpaired) electrons. The van der Waals surface area contributed by atoms with Crippen LogP contribution in [0.25, 0.3) is 49.6 Å². The summed E-state index contributed by atoms with van der Waals surface area (Å²) in [5, 5.41) is 2.90. The molecule has 6 rings (SSSR count). The van der Waals surface area contributed by atoms with E-state index in [9.17, 15) is 9.59 Å². The van der Waals surface area contributed by atoms with Gasteiger partial charge in [-0.1, -0.05) is 96.5 Å². The third kappa shape index (κ3) is 3.56. The molecule has 1 aromatic heterocycles. The van der Waals surface area contributed by atoms with Gasteiger partial charge in [-0.15, -0.1) is 0 Å². The Morgan fingerprint density at radius 3 is 2.14 bits per heavy atom. The number of H-pyrrole nitrogens is 1. The second-order valence-corrected chi connectivity index (χ2v) is 8.76. The highest BCUT2D eigenvalue weighted by atomic mass is 35.5. The second kappa shape index (κ2) is 8.42. The molecule has 0 saturated carbocycles. The van der Waals surface area contributed by atoms with Gasteiger partial charge in [-0.2, -0.15) is 0 Å². The molecule has 168 valence electrons. The van der Waals surface area contributed by atoms with Gasteiger partial charge in [-0.3, -0.25) is 4.79 Å². The fourth-order valence-electron chi connectivity index (χ4n) is 4.66.